The van der Waals surface area contributed by atoms with E-state index in [0.717, 1.165) is 0 Å². The van der Waals surface area contributed by atoms with Crippen LogP contribution in [0.25, 0.3) is 10.8 Å². The first-order valence-corrected chi connectivity index (χ1v) is 8.58. The maximum atomic E-state index is 2.31. The minimum atomic E-state index is 0. The van der Waals surface area contributed by atoms with Crippen LogP contribution in [0.5, 0.6) is 0 Å². The van der Waals surface area contributed by atoms with Crippen LogP contribution in [0.3, 0.4) is 0 Å². The van der Waals surface area contributed by atoms with E-state index in [1.165, 1.54) is 57.2 Å². The average Bonchev–Trinajstić information content (AvgIpc) is 2.80. The quantitative estimate of drug-likeness (QED) is 0.479. The van der Waals surface area contributed by atoms with Gasteiger partial charge in [0.05, 0.1) is 0 Å². The van der Waals surface area contributed by atoms with Crippen molar-refractivity contribution in [1.82, 2.24) is 0 Å². The SMILES string of the molecule is CCCCc1cc2ccccc2[cH-]1.CC[Si]CC.[F-].[F-].[Zr+3]. The summed E-state index contributed by atoms with van der Waals surface area (Å²) in [4.78, 5) is 0. The molecular weight excluding hydrogens is 361 g/mol. The van der Waals surface area contributed by atoms with E-state index >= 15 is 0 Å². The van der Waals surface area contributed by atoms with Crippen LogP contribution in [0, 0.1) is 0 Å². The fourth-order valence-corrected chi connectivity index (χ4v) is 2.49. The van der Waals surface area contributed by atoms with Crippen molar-refractivity contribution in [2.75, 3.05) is 0 Å². The molecule has 21 heavy (non-hydrogen) atoms. The zero-order valence-corrected chi connectivity index (χ0v) is 16.7. The summed E-state index contributed by atoms with van der Waals surface area (Å²) in [7, 11) is 1.20. The Hall–Kier alpha value is -0.210. The van der Waals surface area contributed by atoms with Crippen LogP contribution in [-0.2, 0) is 32.6 Å². The Morgan fingerprint density at radius 3 is 2.10 bits per heavy atom. The normalized spacial score (nSPS) is 8.71. The third kappa shape index (κ3) is 10.2. The van der Waals surface area contributed by atoms with Gasteiger partial charge in [0, 0.05) is 9.52 Å². The third-order valence-corrected chi connectivity index (χ3v) is 4.00. The van der Waals surface area contributed by atoms with Gasteiger partial charge in [0.1, 0.15) is 0 Å². The van der Waals surface area contributed by atoms with Gasteiger partial charge in [-0.2, -0.15) is 6.07 Å². The van der Waals surface area contributed by atoms with Crippen molar-refractivity contribution < 1.29 is 35.6 Å². The van der Waals surface area contributed by atoms with E-state index in [4.69, 9.17) is 0 Å². The molecule has 0 bridgehead atoms. The van der Waals surface area contributed by atoms with Gasteiger partial charge in [0.25, 0.3) is 0 Å². The summed E-state index contributed by atoms with van der Waals surface area (Å²) in [6.45, 7) is 6.69. The number of aryl methyl sites for hydroxylation is 1. The minimum Gasteiger partial charge on any atom is -1.00 e. The predicted molar refractivity (Wildman–Crippen MR) is 84.9 cm³/mol. The van der Waals surface area contributed by atoms with Gasteiger partial charge in [0.15, 0.2) is 0 Å². The molecule has 3 radical (unpaired) electrons. The molecule has 2 aromatic carbocycles. The third-order valence-electron chi connectivity index (χ3n) is 3.00. The smallest absolute Gasteiger partial charge is 1.00 e. The molecule has 0 amide bonds. The molecule has 0 spiro atoms. The van der Waals surface area contributed by atoms with Crippen molar-refractivity contribution in [3.63, 3.8) is 0 Å². The topological polar surface area (TPSA) is 0 Å². The van der Waals surface area contributed by atoms with Crippen LogP contribution < -0.4 is 9.41 Å². The molecule has 0 saturated heterocycles. The Bertz CT molecular complexity index is 408. The molecule has 2 aromatic rings. The van der Waals surface area contributed by atoms with Crippen molar-refractivity contribution in [1.29, 1.82) is 0 Å². The molecular formula is C17H25F2SiZr. The first-order valence-electron chi connectivity index (χ1n) is 7.16. The summed E-state index contributed by atoms with van der Waals surface area (Å²) >= 11 is 0. The molecule has 0 aliphatic heterocycles. The van der Waals surface area contributed by atoms with Gasteiger partial charge in [-0.3, -0.25) is 0 Å². The zero-order chi connectivity index (χ0) is 13.2. The Balaban J connectivity index is -0.000000360. The molecule has 0 nitrogen and oxygen atoms in total. The molecule has 0 N–H and O–H groups in total. The van der Waals surface area contributed by atoms with Crippen molar-refractivity contribution in [3.8, 4) is 0 Å². The van der Waals surface area contributed by atoms with E-state index in [-0.39, 0.29) is 35.6 Å². The van der Waals surface area contributed by atoms with Gasteiger partial charge < -0.3 is 9.41 Å². The van der Waals surface area contributed by atoms with E-state index in [1.54, 1.807) is 0 Å². The molecule has 0 aliphatic rings. The fraction of sp³-hybridized carbons (Fsp3) is 0.471. The number of rotatable bonds is 5. The number of unbranched alkanes of at least 4 members (excludes halogenated alkanes) is 1. The van der Waals surface area contributed by atoms with E-state index < -0.39 is 0 Å². The van der Waals surface area contributed by atoms with E-state index in [9.17, 15) is 0 Å². The van der Waals surface area contributed by atoms with Crippen LogP contribution >= 0.6 is 0 Å². The monoisotopic (exact) mass is 385 g/mol. The standard InChI is InChI=1S/C13H15.C4H10Si.2FH.Zr/c1-2-3-6-11-9-12-7-4-5-8-13(12)10-11;1-3-5-4-2;;;/h4-5,7-10H,2-3,6H2,1H3;3-4H2,1-2H3;2*1H;/q-1;;;;+3/p-2. The summed E-state index contributed by atoms with van der Waals surface area (Å²) in [6.07, 6.45) is 3.81. The molecule has 0 atom stereocenters. The summed E-state index contributed by atoms with van der Waals surface area (Å²) in [6, 6.07) is 15.9. The summed E-state index contributed by atoms with van der Waals surface area (Å²) in [5.41, 5.74) is 1.49. The number of hydrogen-bond donors (Lipinski definition) is 0. The van der Waals surface area contributed by atoms with Crippen molar-refractivity contribution >= 4 is 20.3 Å². The van der Waals surface area contributed by atoms with Crippen molar-refractivity contribution in [3.05, 3.63) is 42.0 Å². The maximum Gasteiger partial charge on any atom is 3.00 e. The van der Waals surface area contributed by atoms with Crippen LogP contribution in [0.2, 0.25) is 12.1 Å². The second-order valence-electron chi connectivity index (χ2n) is 4.55. The molecule has 0 unspecified atom stereocenters. The van der Waals surface area contributed by atoms with E-state index in [1.807, 2.05) is 0 Å². The van der Waals surface area contributed by atoms with Gasteiger partial charge >= 0.3 is 26.2 Å². The number of fused-ring (bicyclic) bond motifs is 1. The number of hydrogen-bond acceptors (Lipinski definition) is 0. The molecule has 0 aromatic heterocycles. The Kier molecular flexibility index (Phi) is 19.8. The molecule has 0 saturated carbocycles. The molecule has 115 valence electrons. The summed E-state index contributed by atoms with van der Waals surface area (Å²) < 4.78 is 0. The molecule has 2 rings (SSSR count). The number of halogens is 2. The average molecular weight is 387 g/mol. The second-order valence-corrected chi connectivity index (χ2v) is 6.47. The second kappa shape index (κ2) is 16.2. The minimum absolute atomic E-state index is 0. The van der Waals surface area contributed by atoms with Gasteiger partial charge in [-0.1, -0.05) is 51.8 Å². The van der Waals surface area contributed by atoms with Gasteiger partial charge in [-0.25, -0.2) is 0 Å². The van der Waals surface area contributed by atoms with E-state index in [2.05, 4.69) is 57.2 Å². The van der Waals surface area contributed by atoms with Gasteiger partial charge in [-0.05, 0) is 6.42 Å². The molecule has 0 aliphatic carbocycles. The zero-order valence-electron chi connectivity index (χ0n) is 13.3. The van der Waals surface area contributed by atoms with Crippen LogP contribution in [0.1, 0.15) is 39.2 Å². The number of benzene rings is 1. The molecule has 0 heterocycles. The Morgan fingerprint density at radius 2 is 1.62 bits per heavy atom. The van der Waals surface area contributed by atoms with Crippen molar-refractivity contribution in [2.24, 2.45) is 0 Å². The first kappa shape index (κ1) is 25.7. The molecule has 0 fully saturated rings. The Morgan fingerprint density at radius 1 is 1.00 bits per heavy atom. The van der Waals surface area contributed by atoms with Crippen molar-refractivity contribution in [2.45, 2.75) is 52.1 Å². The largest absolute Gasteiger partial charge is 3.00 e. The van der Waals surface area contributed by atoms with Crippen LogP contribution in [-0.4, -0.2) is 9.52 Å². The van der Waals surface area contributed by atoms with E-state index in [0.29, 0.717) is 0 Å². The molecule has 4 heteroatoms. The maximum absolute atomic E-state index is 2.31. The first-order chi connectivity index (χ1) is 8.81. The Labute approximate surface area is 149 Å². The summed E-state index contributed by atoms with van der Waals surface area (Å²) in [5, 5.41) is 2.77. The predicted octanol–water partition coefficient (Wildman–Crippen LogP) is -0.526. The van der Waals surface area contributed by atoms with Crippen LogP contribution in [0.15, 0.2) is 36.4 Å². The van der Waals surface area contributed by atoms with Crippen LogP contribution in [0.4, 0.5) is 0 Å². The van der Waals surface area contributed by atoms with Gasteiger partial charge in [0.2, 0.25) is 0 Å². The summed E-state index contributed by atoms with van der Waals surface area (Å²) in [5.74, 6) is 0. The van der Waals surface area contributed by atoms with Gasteiger partial charge in [-0.15, -0.1) is 40.6 Å². The fourth-order valence-electron chi connectivity index (χ4n) is 1.99.